The molecule has 2 aromatic carbocycles. The number of para-hydroxylation sites is 1. The molecule has 0 unspecified atom stereocenters. The number of urea groups is 1. The number of fused-ring (bicyclic) bond motifs is 1. The Kier molecular flexibility index (Phi) is 10.0. The summed E-state index contributed by atoms with van der Waals surface area (Å²) in [6.45, 7) is 12.6. The van der Waals surface area contributed by atoms with Crippen molar-refractivity contribution in [1.82, 2.24) is 15.5 Å². The summed E-state index contributed by atoms with van der Waals surface area (Å²) < 4.78 is 5.65. The van der Waals surface area contributed by atoms with Gasteiger partial charge in [-0.25, -0.2) is 4.79 Å². The van der Waals surface area contributed by atoms with Crippen LogP contribution in [-0.2, 0) is 11.3 Å². The number of halogens is 1. The number of anilines is 1. The van der Waals surface area contributed by atoms with Crippen LogP contribution in [0.15, 0.2) is 42.5 Å². The van der Waals surface area contributed by atoms with Gasteiger partial charge in [0, 0.05) is 30.9 Å². The highest BCUT2D eigenvalue weighted by Crippen LogP contribution is 2.31. The van der Waals surface area contributed by atoms with E-state index in [1.54, 1.807) is 28.0 Å². The summed E-state index contributed by atoms with van der Waals surface area (Å²) in [6, 6.07) is 11.2. The van der Waals surface area contributed by atoms with Crippen molar-refractivity contribution >= 4 is 35.1 Å². The monoisotopic (exact) mass is 542 g/mol. The quantitative estimate of drug-likeness (QED) is 0.477. The first kappa shape index (κ1) is 29.3. The van der Waals surface area contributed by atoms with Gasteiger partial charge in [0.1, 0.15) is 11.8 Å². The van der Waals surface area contributed by atoms with Gasteiger partial charge in [0.05, 0.1) is 17.2 Å². The molecule has 9 heteroatoms. The molecule has 0 fully saturated rings. The van der Waals surface area contributed by atoms with E-state index in [0.717, 1.165) is 17.7 Å². The van der Waals surface area contributed by atoms with E-state index in [2.05, 4.69) is 10.6 Å². The van der Waals surface area contributed by atoms with E-state index < -0.39 is 6.04 Å². The van der Waals surface area contributed by atoms with Crippen molar-refractivity contribution in [2.75, 3.05) is 18.1 Å². The van der Waals surface area contributed by atoms with Crippen LogP contribution in [-0.4, -0.2) is 54.0 Å². The van der Waals surface area contributed by atoms with Gasteiger partial charge in [0.2, 0.25) is 5.91 Å². The molecule has 0 bridgehead atoms. The molecule has 0 aromatic heterocycles. The Hall–Kier alpha value is -3.26. The normalized spacial score (nSPS) is 16.1. The standard InChI is InChI=1S/C29H39ClN4O4/c1-7-14-38-22-12-13-23(24(30)15-22)28(36)34-16-20(6)33(17-21-10-8-9-11-25(21)34)29(37)32-26(18(2)3)27(35)31-19(4)5/h8-13,15,18-20,26H,7,14,16-17H2,1-6H3,(H,31,35)(H,32,37)/t20-,26+/m0/s1. The maximum Gasteiger partial charge on any atom is 0.318 e. The molecule has 3 rings (SSSR count). The molecule has 2 atom stereocenters. The molecule has 0 saturated carbocycles. The molecule has 0 aliphatic carbocycles. The fraction of sp³-hybridized carbons (Fsp3) is 0.483. The molecule has 4 amide bonds. The predicted octanol–water partition coefficient (Wildman–Crippen LogP) is 5.24. The van der Waals surface area contributed by atoms with Crippen LogP contribution >= 0.6 is 11.6 Å². The molecular formula is C29H39ClN4O4. The summed E-state index contributed by atoms with van der Waals surface area (Å²) in [5.74, 6) is 0.0397. The van der Waals surface area contributed by atoms with E-state index >= 15 is 0 Å². The number of nitrogens with one attached hydrogen (secondary N) is 2. The van der Waals surface area contributed by atoms with Crippen molar-refractivity contribution in [2.24, 2.45) is 5.92 Å². The van der Waals surface area contributed by atoms with Crippen LogP contribution in [0, 0.1) is 5.92 Å². The minimum absolute atomic E-state index is 0.0386. The van der Waals surface area contributed by atoms with Crippen LogP contribution in [0.1, 0.15) is 63.9 Å². The third kappa shape index (κ3) is 6.98. The maximum absolute atomic E-state index is 13.8. The molecule has 2 N–H and O–H groups in total. The first-order chi connectivity index (χ1) is 18.0. The van der Waals surface area contributed by atoms with Crippen LogP contribution < -0.4 is 20.3 Å². The lowest BCUT2D eigenvalue weighted by molar-refractivity contribution is -0.124. The van der Waals surface area contributed by atoms with Crippen molar-refractivity contribution in [1.29, 1.82) is 0 Å². The molecule has 1 aliphatic heterocycles. The first-order valence-electron chi connectivity index (χ1n) is 13.2. The Labute approximate surface area is 230 Å². The zero-order valence-corrected chi connectivity index (χ0v) is 23.8. The largest absolute Gasteiger partial charge is 0.494 e. The number of amides is 4. The van der Waals surface area contributed by atoms with Crippen LogP contribution in [0.25, 0.3) is 0 Å². The van der Waals surface area contributed by atoms with E-state index in [-0.39, 0.29) is 42.4 Å². The molecule has 0 radical (unpaired) electrons. The Morgan fingerprint density at radius 1 is 1.08 bits per heavy atom. The van der Waals surface area contributed by atoms with Gasteiger partial charge in [-0.3, -0.25) is 9.59 Å². The van der Waals surface area contributed by atoms with E-state index in [9.17, 15) is 14.4 Å². The van der Waals surface area contributed by atoms with E-state index in [1.807, 2.05) is 65.8 Å². The van der Waals surface area contributed by atoms with Gasteiger partial charge in [0.25, 0.3) is 5.91 Å². The van der Waals surface area contributed by atoms with Crippen molar-refractivity contribution < 1.29 is 19.1 Å². The number of nitrogens with zero attached hydrogens (tertiary/aromatic N) is 2. The third-order valence-corrected chi connectivity index (χ3v) is 6.72. The topological polar surface area (TPSA) is 91.0 Å². The molecular weight excluding hydrogens is 504 g/mol. The van der Waals surface area contributed by atoms with Gasteiger partial charge in [-0.1, -0.05) is 50.6 Å². The SMILES string of the molecule is CCCOc1ccc(C(=O)N2C[C@H](C)N(C(=O)N[C@@H](C(=O)NC(C)C)C(C)C)Cc3ccccc32)c(Cl)c1. The fourth-order valence-corrected chi connectivity index (χ4v) is 4.67. The number of hydrogen-bond donors (Lipinski definition) is 2. The summed E-state index contributed by atoms with van der Waals surface area (Å²) in [5, 5.41) is 6.12. The average molecular weight is 543 g/mol. The lowest BCUT2D eigenvalue weighted by atomic mass is 10.0. The first-order valence-corrected chi connectivity index (χ1v) is 13.6. The summed E-state index contributed by atoms with van der Waals surface area (Å²) in [4.78, 5) is 43.4. The Morgan fingerprint density at radius 3 is 2.42 bits per heavy atom. The number of hydrogen-bond acceptors (Lipinski definition) is 4. The number of ether oxygens (including phenoxy) is 1. The third-order valence-electron chi connectivity index (χ3n) is 6.41. The summed E-state index contributed by atoms with van der Waals surface area (Å²) in [6.07, 6.45) is 0.866. The number of carbonyl (C=O) groups is 3. The van der Waals surface area contributed by atoms with Gasteiger partial charge in [-0.15, -0.1) is 0 Å². The minimum atomic E-state index is -0.680. The summed E-state index contributed by atoms with van der Waals surface area (Å²) >= 11 is 6.52. The zero-order chi connectivity index (χ0) is 28.0. The highest BCUT2D eigenvalue weighted by Gasteiger charge is 2.34. The van der Waals surface area contributed by atoms with Gasteiger partial charge in [-0.05, 0) is 62.9 Å². The summed E-state index contributed by atoms with van der Waals surface area (Å²) in [5.41, 5.74) is 1.91. The minimum Gasteiger partial charge on any atom is -0.494 e. The van der Waals surface area contributed by atoms with E-state index in [1.165, 1.54) is 0 Å². The second kappa shape index (κ2) is 13.0. The van der Waals surface area contributed by atoms with E-state index in [0.29, 0.717) is 29.5 Å². The van der Waals surface area contributed by atoms with Gasteiger partial charge in [0.15, 0.2) is 0 Å². The van der Waals surface area contributed by atoms with Crippen molar-refractivity contribution in [3.05, 3.63) is 58.6 Å². The molecule has 2 aromatic rings. The highest BCUT2D eigenvalue weighted by atomic mass is 35.5. The van der Waals surface area contributed by atoms with Crippen molar-refractivity contribution in [2.45, 2.75) is 72.6 Å². The molecule has 8 nitrogen and oxygen atoms in total. The molecule has 0 saturated heterocycles. The molecule has 1 heterocycles. The smallest absolute Gasteiger partial charge is 0.318 e. The number of carbonyl (C=O) groups excluding carboxylic acids is 3. The highest BCUT2D eigenvalue weighted by molar-refractivity contribution is 6.34. The van der Waals surface area contributed by atoms with E-state index in [4.69, 9.17) is 16.3 Å². The predicted molar refractivity (Wildman–Crippen MR) is 151 cm³/mol. The fourth-order valence-electron chi connectivity index (χ4n) is 4.42. The Balaban J connectivity index is 1.87. The van der Waals surface area contributed by atoms with Crippen molar-refractivity contribution in [3.63, 3.8) is 0 Å². The number of benzene rings is 2. The lowest BCUT2D eigenvalue weighted by Gasteiger charge is -2.32. The molecule has 0 spiro atoms. The maximum atomic E-state index is 13.8. The lowest BCUT2D eigenvalue weighted by Crippen LogP contribution is -2.56. The van der Waals surface area contributed by atoms with Gasteiger partial charge < -0.3 is 25.2 Å². The Bertz CT molecular complexity index is 1150. The average Bonchev–Trinajstić information content (AvgIpc) is 3.01. The van der Waals surface area contributed by atoms with Crippen LogP contribution in [0.5, 0.6) is 5.75 Å². The van der Waals surface area contributed by atoms with Crippen LogP contribution in [0.3, 0.4) is 0 Å². The molecule has 206 valence electrons. The number of rotatable bonds is 8. The summed E-state index contributed by atoms with van der Waals surface area (Å²) in [7, 11) is 0. The molecule has 1 aliphatic rings. The second-order valence-electron chi connectivity index (χ2n) is 10.3. The zero-order valence-electron chi connectivity index (χ0n) is 23.1. The Morgan fingerprint density at radius 2 is 1.79 bits per heavy atom. The van der Waals surface area contributed by atoms with Crippen molar-refractivity contribution in [3.8, 4) is 5.75 Å². The van der Waals surface area contributed by atoms with Crippen LogP contribution in [0.2, 0.25) is 5.02 Å². The van der Waals surface area contributed by atoms with Gasteiger partial charge >= 0.3 is 6.03 Å². The van der Waals surface area contributed by atoms with Crippen LogP contribution in [0.4, 0.5) is 10.5 Å². The molecule has 38 heavy (non-hydrogen) atoms. The van der Waals surface area contributed by atoms with Gasteiger partial charge in [-0.2, -0.15) is 0 Å². The second-order valence-corrected chi connectivity index (χ2v) is 10.8.